The van der Waals surface area contributed by atoms with E-state index >= 15 is 0 Å². The van der Waals surface area contributed by atoms with Crippen molar-refractivity contribution in [2.24, 2.45) is 0 Å². The molecule has 0 bridgehead atoms. The lowest BCUT2D eigenvalue weighted by molar-refractivity contribution is -0.141. The summed E-state index contributed by atoms with van der Waals surface area (Å²) in [6.07, 6.45) is -3.87. The monoisotopic (exact) mass is 421 g/mol. The van der Waals surface area contributed by atoms with Gasteiger partial charge in [-0.3, -0.25) is 4.90 Å². The number of ether oxygens (including phenoxy) is 2. The fourth-order valence-corrected chi connectivity index (χ4v) is 5.85. The van der Waals surface area contributed by atoms with Gasteiger partial charge in [0.05, 0.1) is 31.1 Å². The van der Waals surface area contributed by atoms with Crippen LogP contribution in [0.2, 0.25) is 0 Å². The summed E-state index contributed by atoms with van der Waals surface area (Å²) in [5.74, 6) is 0. The summed E-state index contributed by atoms with van der Waals surface area (Å²) in [7, 11) is -3.91. The van der Waals surface area contributed by atoms with Crippen molar-refractivity contribution < 1.29 is 31.1 Å². The van der Waals surface area contributed by atoms with E-state index in [4.69, 9.17) is 9.47 Å². The van der Waals surface area contributed by atoms with Gasteiger partial charge in [-0.1, -0.05) is 0 Å². The highest BCUT2D eigenvalue weighted by Crippen LogP contribution is 2.40. The van der Waals surface area contributed by atoms with Crippen LogP contribution in [0.4, 0.5) is 13.2 Å². The maximum atomic E-state index is 12.8. The molecule has 3 saturated heterocycles. The molecule has 1 aromatic rings. The zero-order valence-corrected chi connectivity index (χ0v) is 16.2. The minimum atomic E-state index is -4.61. The van der Waals surface area contributed by atoms with Crippen LogP contribution >= 0.6 is 0 Å². The Morgan fingerprint density at radius 2 is 1.89 bits per heavy atom. The third-order valence-corrected chi connectivity index (χ3v) is 7.55. The molecule has 0 N–H and O–H groups in total. The fourth-order valence-electron chi connectivity index (χ4n) is 4.10. The maximum absolute atomic E-state index is 12.8. The first-order chi connectivity index (χ1) is 13.1. The third kappa shape index (κ3) is 3.54. The quantitative estimate of drug-likeness (QED) is 0.732. The minimum Gasteiger partial charge on any atom is -0.379 e. The van der Waals surface area contributed by atoms with Gasteiger partial charge in [-0.25, -0.2) is 13.4 Å². The Morgan fingerprint density at radius 1 is 1.21 bits per heavy atom. The van der Waals surface area contributed by atoms with Crippen LogP contribution in [0.5, 0.6) is 0 Å². The predicted octanol–water partition coefficient (Wildman–Crippen LogP) is 1.27. The van der Waals surface area contributed by atoms with Crippen LogP contribution in [0.1, 0.15) is 17.8 Å². The van der Waals surface area contributed by atoms with Crippen molar-refractivity contribution >= 4 is 10.0 Å². The summed E-state index contributed by atoms with van der Waals surface area (Å²) in [4.78, 5) is 5.54. The van der Waals surface area contributed by atoms with Crippen molar-refractivity contribution in [3.63, 3.8) is 0 Å². The SMILES string of the molecule is Cc1nc(C(F)(F)F)ccc1S(=O)(=O)N1CC2(CC(N3CCOCC3)CO2)C1. The number of halogens is 3. The Morgan fingerprint density at radius 3 is 2.50 bits per heavy atom. The molecule has 1 aromatic heterocycles. The predicted molar refractivity (Wildman–Crippen MR) is 92.2 cm³/mol. The molecule has 4 rings (SSSR count). The highest BCUT2D eigenvalue weighted by molar-refractivity contribution is 7.89. The van der Waals surface area contributed by atoms with Gasteiger partial charge in [0.25, 0.3) is 0 Å². The largest absolute Gasteiger partial charge is 0.433 e. The number of morpholine rings is 1. The van der Waals surface area contributed by atoms with E-state index in [1.165, 1.54) is 11.2 Å². The summed E-state index contributed by atoms with van der Waals surface area (Å²) in [6.45, 7) is 5.28. The van der Waals surface area contributed by atoms with Crippen molar-refractivity contribution in [3.8, 4) is 0 Å². The van der Waals surface area contributed by atoms with Crippen molar-refractivity contribution in [2.45, 2.75) is 36.1 Å². The van der Waals surface area contributed by atoms with Crippen LogP contribution in [0.3, 0.4) is 0 Å². The number of rotatable bonds is 3. The van der Waals surface area contributed by atoms with E-state index in [0.29, 0.717) is 25.9 Å². The summed E-state index contributed by atoms with van der Waals surface area (Å²) in [6, 6.07) is 1.93. The topological polar surface area (TPSA) is 72.0 Å². The Labute approximate surface area is 161 Å². The van der Waals surface area contributed by atoms with E-state index in [2.05, 4.69) is 9.88 Å². The summed E-state index contributed by atoms with van der Waals surface area (Å²) >= 11 is 0. The molecule has 0 radical (unpaired) electrons. The van der Waals surface area contributed by atoms with E-state index in [0.717, 1.165) is 25.6 Å². The molecule has 1 atom stereocenters. The number of hydrogen-bond donors (Lipinski definition) is 0. The van der Waals surface area contributed by atoms with E-state index in [-0.39, 0.29) is 29.7 Å². The van der Waals surface area contributed by atoms with Gasteiger partial charge >= 0.3 is 6.18 Å². The van der Waals surface area contributed by atoms with Gasteiger partial charge in [-0.05, 0) is 25.5 Å². The molecule has 4 heterocycles. The van der Waals surface area contributed by atoms with Crippen molar-refractivity contribution in [1.82, 2.24) is 14.2 Å². The highest BCUT2D eigenvalue weighted by Gasteiger charge is 2.54. The first kappa shape index (κ1) is 20.0. The van der Waals surface area contributed by atoms with E-state index in [1.807, 2.05) is 0 Å². The molecule has 28 heavy (non-hydrogen) atoms. The van der Waals surface area contributed by atoms with Gasteiger partial charge in [-0.2, -0.15) is 17.5 Å². The number of pyridine rings is 1. The first-order valence-electron chi connectivity index (χ1n) is 9.12. The molecule has 3 fully saturated rings. The summed E-state index contributed by atoms with van der Waals surface area (Å²) in [5, 5.41) is 0. The molecule has 0 aromatic carbocycles. The molecule has 1 unspecified atom stereocenters. The zero-order valence-electron chi connectivity index (χ0n) is 15.4. The van der Waals surface area contributed by atoms with Gasteiger partial charge in [0.1, 0.15) is 10.6 Å². The molecule has 11 heteroatoms. The van der Waals surface area contributed by atoms with Crippen LogP contribution in [0.25, 0.3) is 0 Å². The number of hydrogen-bond acceptors (Lipinski definition) is 6. The van der Waals surface area contributed by atoms with Crippen LogP contribution in [-0.2, 0) is 25.7 Å². The summed E-state index contributed by atoms with van der Waals surface area (Å²) < 4.78 is 76.6. The van der Waals surface area contributed by atoms with Gasteiger partial charge in [0, 0.05) is 32.2 Å². The Balaban J connectivity index is 1.44. The third-order valence-electron chi connectivity index (χ3n) is 5.63. The van der Waals surface area contributed by atoms with Gasteiger partial charge in [-0.15, -0.1) is 0 Å². The van der Waals surface area contributed by atoms with Gasteiger partial charge < -0.3 is 9.47 Å². The molecule has 0 amide bonds. The maximum Gasteiger partial charge on any atom is 0.433 e. The lowest BCUT2D eigenvalue weighted by Gasteiger charge is -2.46. The lowest BCUT2D eigenvalue weighted by atomic mass is 9.91. The zero-order chi connectivity index (χ0) is 20.2. The first-order valence-corrected chi connectivity index (χ1v) is 10.6. The number of alkyl halides is 3. The molecule has 7 nitrogen and oxygen atoms in total. The van der Waals surface area contributed by atoms with Gasteiger partial charge in [0.15, 0.2) is 0 Å². The number of aromatic nitrogens is 1. The average molecular weight is 421 g/mol. The smallest absolute Gasteiger partial charge is 0.379 e. The second-order valence-corrected chi connectivity index (χ2v) is 9.46. The molecular formula is C17H22F3N3O4S. The Hall–Kier alpha value is -1.27. The fraction of sp³-hybridized carbons (Fsp3) is 0.706. The molecular weight excluding hydrogens is 399 g/mol. The van der Waals surface area contributed by atoms with Crippen molar-refractivity contribution in [3.05, 3.63) is 23.5 Å². The number of nitrogens with zero attached hydrogens (tertiary/aromatic N) is 3. The average Bonchev–Trinajstić information content (AvgIpc) is 3.06. The molecule has 1 spiro atoms. The second kappa shape index (κ2) is 6.91. The highest BCUT2D eigenvalue weighted by atomic mass is 32.2. The van der Waals surface area contributed by atoms with E-state index in [1.54, 1.807) is 0 Å². The van der Waals surface area contributed by atoms with Crippen molar-refractivity contribution in [1.29, 1.82) is 0 Å². The number of sulfonamides is 1. The van der Waals surface area contributed by atoms with Crippen LogP contribution in [-0.4, -0.2) is 80.2 Å². The normalized spacial score (nSPS) is 26.5. The Bertz CT molecular complexity index is 850. The van der Waals surface area contributed by atoms with E-state index in [9.17, 15) is 21.6 Å². The molecule has 0 aliphatic carbocycles. The molecule has 156 valence electrons. The standard InChI is InChI=1S/C17H22F3N3O4S/c1-12-14(2-3-15(21-12)17(18,19)20)28(24,25)23-10-16(11-23)8-13(9-27-16)22-4-6-26-7-5-22/h2-3,13H,4-11H2,1H3. The number of aryl methyl sites for hydroxylation is 1. The van der Waals surface area contributed by atoms with Crippen LogP contribution < -0.4 is 0 Å². The van der Waals surface area contributed by atoms with Crippen molar-refractivity contribution in [2.75, 3.05) is 46.0 Å². The van der Waals surface area contributed by atoms with E-state index < -0.39 is 27.5 Å². The molecule has 3 aliphatic heterocycles. The lowest BCUT2D eigenvalue weighted by Crippen LogP contribution is -2.63. The molecule has 3 aliphatic rings. The van der Waals surface area contributed by atoms with Crippen LogP contribution in [0, 0.1) is 6.92 Å². The minimum absolute atomic E-state index is 0.158. The van der Waals surface area contributed by atoms with Crippen LogP contribution in [0.15, 0.2) is 17.0 Å². The Kier molecular flexibility index (Phi) is 4.94. The second-order valence-electron chi connectivity index (χ2n) is 7.55. The molecule has 0 saturated carbocycles. The van der Waals surface area contributed by atoms with Gasteiger partial charge in [0.2, 0.25) is 10.0 Å². The summed E-state index contributed by atoms with van der Waals surface area (Å²) in [5.41, 5.74) is -1.77.